The number of nitro groups is 1. The van der Waals surface area contributed by atoms with Crippen molar-refractivity contribution in [3.63, 3.8) is 0 Å². The first kappa shape index (κ1) is 9.09. The van der Waals surface area contributed by atoms with Gasteiger partial charge in [0.1, 0.15) is 0 Å². The molecule has 0 saturated heterocycles. The summed E-state index contributed by atoms with van der Waals surface area (Å²) < 4.78 is 0. The Labute approximate surface area is 84.7 Å². The smallest absolute Gasteiger partial charge is 0.258 e. The molecule has 0 unspecified atom stereocenters. The van der Waals surface area contributed by atoms with Crippen LogP contribution in [0.5, 0.6) is 0 Å². The molecule has 15 heavy (non-hydrogen) atoms. The van der Waals surface area contributed by atoms with E-state index in [2.05, 4.69) is 4.98 Å². The summed E-state index contributed by atoms with van der Waals surface area (Å²) in [6, 6.07) is 9.99. The quantitative estimate of drug-likeness (QED) is 0.403. The van der Waals surface area contributed by atoms with Crippen LogP contribution in [-0.4, -0.2) is 4.92 Å². The number of diazo groups is 1. The van der Waals surface area contributed by atoms with Gasteiger partial charge in [0, 0.05) is 6.07 Å². The van der Waals surface area contributed by atoms with Crippen molar-refractivity contribution in [2.75, 3.05) is 0 Å². The molecule has 0 amide bonds. The van der Waals surface area contributed by atoms with E-state index < -0.39 is 4.92 Å². The predicted octanol–water partition coefficient (Wildman–Crippen LogP) is 3.23. The average molecular weight is 200 g/mol. The normalized spacial score (nSPS) is 9.80. The number of benzene rings is 2. The van der Waals surface area contributed by atoms with E-state index in [0.717, 1.165) is 5.39 Å². The van der Waals surface area contributed by atoms with Gasteiger partial charge in [-0.05, 0) is 17.5 Å². The number of hydrogen-bond acceptors (Lipinski definition) is 3. The molecule has 0 bridgehead atoms. The lowest BCUT2D eigenvalue weighted by atomic mass is 10.1. The van der Waals surface area contributed by atoms with Gasteiger partial charge in [-0.1, -0.05) is 18.2 Å². The number of nitrogens with zero attached hydrogens (tertiary/aromatic N) is 3. The molecule has 0 saturated carbocycles. The SMILES string of the molecule is N#[N+]c1ccc2ccccc2c1[N+](=O)[O-]. The Kier molecular flexibility index (Phi) is 2.03. The summed E-state index contributed by atoms with van der Waals surface area (Å²) in [6.07, 6.45) is 0. The van der Waals surface area contributed by atoms with Crippen LogP contribution in [0, 0.1) is 15.5 Å². The van der Waals surface area contributed by atoms with Crippen molar-refractivity contribution in [3.05, 3.63) is 51.5 Å². The molecule has 2 rings (SSSR count). The van der Waals surface area contributed by atoms with Crippen molar-refractivity contribution in [2.24, 2.45) is 0 Å². The first-order chi connectivity index (χ1) is 7.24. The molecular weight excluding hydrogens is 194 g/mol. The molecule has 2 aromatic carbocycles. The predicted molar refractivity (Wildman–Crippen MR) is 55.3 cm³/mol. The summed E-state index contributed by atoms with van der Waals surface area (Å²) in [5.41, 5.74) is -0.200. The van der Waals surface area contributed by atoms with Gasteiger partial charge in [0.05, 0.1) is 10.3 Å². The third-order valence-corrected chi connectivity index (χ3v) is 2.17. The van der Waals surface area contributed by atoms with Crippen LogP contribution in [0.1, 0.15) is 0 Å². The Morgan fingerprint density at radius 1 is 1.20 bits per heavy atom. The number of rotatable bonds is 1. The fourth-order valence-electron chi connectivity index (χ4n) is 1.52. The number of fused-ring (bicyclic) bond motifs is 1. The first-order valence-electron chi connectivity index (χ1n) is 4.25. The summed E-state index contributed by atoms with van der Waals surface area (Å²) in [5.74, 6) is 0. The van der Waals surface area contributed by atoms with E-state index in [1.807, 2.05) is 0 Å². The second-order valence-electron chi connectivity index (χ2n) is 3.01. The second-order valence-corrected chi connectivity index (χ2v) is 3.01. The molecule has 72 valence electrons. The molecule has 0 fully saturated rings. The topological polar surface area (TPSA) is 71.3 Å². The second kappa shape index (κ2) is 3.35. The zero-order chi connectivity index (χ0) is 10.8. The largest absolute Gasteiger partial charge is 0.461 e. The van der Waals surface area contributed by atoms with E-state index in [-0.39, 0.29) is 11.4 Å². The van der Waals surface area contributed by atoms with Crippen LogP contribution in [0.15, 0.2) is 36.4 Å². The molecule has 0 heterocycles. The van der Waals surface area contributed by atoms with Crippen molar-refractivity contribution in [1.29, 1.82) is 5.39 Å². The fraction of sp³-hybridized carbons (Fsp3) is 0. The van der Waals surface area contributed by atoms with Crippen molar-refractivity contribution < 1.29 is 4.92 Å². The first-order valence-corrected chi connectivity index (χ1v) is 4.25. The highest BCUT2D eigenvalue weighted by Gasteiger charge is 2.27. The van der Waals surface area contributed by atoms with E-state index in [9.17, 15) is 10.1 Å². The maximum atomic E-state index is 10.8. The van der Waals surface area contributed by atoms with E-state index >= 15 is 0 Å². The van der Waals surface area contributed by atoms with Crippen LogP contribution < -0.4 is 0 Å². The third-order valence-electron chi connectivity index (χ3n) is 2.17. The van der Waals surface area contributed by atoms with Gasteiger partial charge in [0.15, 0.2) is 4.98 Å². The van der Waals surface area contributed by atoms with Gasteiger partial charge < -0.3 is 0 Å². The molecule has 0 aliphatic rings. The average Bonchev–Trinajstić information content (AvgIpc) is 2.27. The summed E-state index contributed by atoms with van der Waals surface area (Å²) in [7, 11) is 0. The number of hydrogen-bond donors (Lipinski definition) is 0. The molecule has 0 N–H and O–H groups in total. The third kappa shape index (κ3) is 1.38. The minimum atomic E-state index is -0.544. The zero-order valence-corrected chi connectivity index (χ0v) is 7.62. The van der Waals surface area contributed by atoms with Crippen molar-refractivity contribution in [1.82, 2.24) is 0 Å². The summed E-state index contributed by atoms with van der Waals surface area (Å²) in [6.45, 7) is 0. The van der Waals surface area contributed by atoms with E-state index in [0.29, 0.717) is 5.39 Å². The van der Waals surface area contributed by atoms with E-state index in [1.165, 1.54) is 6.07 Å². The van der Waals surface area contributed by atoms with Gasteiger partial charge in [-0.2, -0.15) is 0 Å². The Bertz CT molecular complexity index is 587. The molecule has 0 atom stereocenters. The Balaban J connectivity index is 2.92. The molecule has 0 aliphatic heterocycles. The van der Waals surface area contributed by atoms with Crippen LogP contribution in [0.25, 0.3) is 15.7 Å². The van der Waals surface area contributed by atoms with Gasteiger partial charge in [0.25, 0.3) is 0 Å². The van der Waals surface area contributed by atoms with Crippen molar-refractivity contribution in [3.8, 4) is 0 Å². The maximum absolute atomic E-state index is 10.8. The monoisotopic (exact) mass is 200 g/mol. The lowest BCUT2D eigenvalue weighted by molar-refractivity contribution is -0.382. The van der Waals surface area contributed by atoms with Crippen LogP contribution >= 0.6 is 0 Å². The molecule has 0 radical (unpaired) electrons. The number of nitro benzene ring substituents is 1. The van der Waals surface area contributed by atoms with Gasteiger partial charge >= 0.3 is 11.4 Å². The highest BCUT2D eigenvalue weighted by Crippen LogP contribution is 2.34. The molecule has 0 spiro atoms. The zero-order valence-electron chi connectivity index (χ0n) is 7.62. The van der Waals surface area contributed by atoms with Gasteiger partial charge in [0.2, 0.25) is 5.39 Å². The molecule has 2 aromatic rings. The lowest BCUT2D eigenvalue weighted by Crippen LogP contribution is -1.89. The highest BCUT2D eigenvalue weighted by molar-refractivity contribution is 5.96. The van der Waals surface area contributed by atoms with Crippen molar-refractivity contribution in [2.45, 2.75) is 0 Å². The minimum absolute atomic E-state index is 0.0290. The van der Waals surface area contributed by atoms with Crippen LogP contribution in [0.3, 0.4) is 0 Å². The van der Waals surface area contributed by atoms with Crippen LogP contribution in [0.2, 0.25) is 0 Å². The van der Waals surface area contributed by atoms with Crippen molar-refractivity contribution >= 4 is 22.1 Å². The maximum Gasteiger partial charge on any atom is 0.461 e. The van der Waals surface area contributed by atoms with Crippen LogP contribution in [0.4, 0.5) is 11.4 Å². The van der Waals surface area contributed by atoms with E-state index in [1.54, 1.807) is 30.3 Å². The Hall–Kier alpha value is -2.48. The lowest BCUT2D eigenvalue weighted by Gasteiger charge is -1.95. The highest BCUT2D eigenvalue weighted by atomic mass is 16.6. The Morgan fingerprint density at radius 2 is 1.93 bits per heavy atom. The molecular formula is C10H6N3O2+. The molecule has 5 heteroatoms. The Morgan fingerprint density at radius 3 is 2.60 bits per heavy atom. The van der Waals surface area contributed by atoms with Gasteiger partial charge in [-0.15, -0.1) is 0 Å². The van der Waals surface area contributed by atoms with E-state index in [4.69, 9.17) is 5.39 Å². The minimum Gasteiger partial charge on any atom is -0.258 e. The molecule has 0 aliphatic carbocycles. The fourth-order valence-corrected chi connectivity index (χ4v) is 1.52. The summed E-state index contributed by atoms with van der Waals surface area (Å²) in [4.78, 5) is 13.2. The molecule has 0 aromatic heterocycles. The van der Waals surface area contributed by atoms with Gasteiger partial charge in [-0.25, -0.2) is 0 Å². The molecule has 5 nitrogen and oxygen atoms in total. The van der Waals surface area contributed by atoms with Gasteiger partial charge in [-0.3, -0.25) is 10.1 Å². The van der Waals surface area contributed by atoms with Crippen LogP contribution in [-0.2, 0) is 0 Å². The summed E-state index contributed by atoms with van der Waals surface area (Å²) >= 11 is 0. The standard InChI is InChI=1S/C10H6N3O2/c11-12-9-6-5-7-3-1-2-4-8(7)10(9)13(14)15/h1-6H/q+1. The summed E-state index contributed by atoms with van der Waals surface area (Å²) in [5, 5.41) is 20.7.